The van der Waals surface area contributed by atoms with E-state index < -0.39 is 0 Å². The smallest absolute Gasteiger partial charge is 0.142 e. The first-order chi connectivity index (χ1) is 5.41. The molecular weight excluding hydrogens is 150 g/mol. The molecule has 0 radical (unpaired) electrons. The molecule has 0 unspecified atom stereocenters. The molecule has 0 bridgehead atoms. The van der Waals surface area contributed by atoms with E-state index in [9.17, 15) is 4.79 Å². The lowest BCUT2D eigenvalue weighted by Gasteiger charge is -2.21. The van der Waals surface area contributed by atoms with Gasteiger partial charge in [0.15, 0.2) is 0 Å². The molecule has 0 aromatic heterocycles. The summed E-state index contributed by atoms with van der Waals surface area (Å²) >= 11 is 0. The summed E-state index contributed by atoms with van der Waals surface area (Å²) in [6, 6.07) is 0. The van der Waals surface area contributed by atoms with Gasteiger partial charge in [-0.1, -0.05) is 20.8 Å². The van der Waals surface area contributed by atoms with Crippen LogP contribution in [0.5, 0.6) is 0 Å². The highest BCUT2D eigenvalue weighted by Crippen LogP contribution is 2.25. The third-order valence-corrected chi connectivity index (χ3v) is 2.50. The van der Waals surface area contributed by atoms with Gasteiger partial charge in [-0.15, -0.1) is 0 Å². The van der Waals surface area contributed by atoms with Gasteiger partial charge < -0.3 is 4.90 Å². The van der Waals surface area contributed by atoms with E-state index in [4.69, 9.17) is 0 Å². The lowest BCUT2D eigenvalue weighted by atomic mass is 9.83. The van der Waals surface area contributed by atoms with Crippen molar-refractivity contribution in [1.82, 2.24) is 4.90 Å². The van der Waals surface area contributed by atoms with Gasteiger partial charge in [0.1, 0.15) is 5.78 Å². The molecule has 0 aliphatic carbocycles. The first kappa shape index (κ1) is 9.72. The molecular formula is C10H19NO. The molecule has 12 heavy (non-hydrogen) atoms. The van der Waals surface area contributed by atoms with E-state index in [0.29, 0.717) is 5.78 Å². The minimum atomic E-state index is -0.157. The average molecular weight is 169 g/mol. The van der Waals surface area contributed by atoms with E-state index >= 15 is 0 Å². The molecule has 0 spiro atoms. The molecule has 1 fully saturated rings. The van der Waals surface area contributed by atoms with Crippen LogP contribution in [0.1, 0.15) is 27.2 Å². The van der Waals surface area contributed by atoms with Crippen molar-refractivity contribution >= 4 is 5.78 Å². The Morgan fingerprint density at radius 1 is 1.42 bits per heavy atom. The predicted octanol–water partition coefficient (Wildman–Crippen LogP) is 1.55. The molecule has 1 heterocycles. The number of likely N-dealkylation sites (tertiary alicyclic amines) is 1. The monoisotopic (exact) mass is 169 g/mol. The van der Waals surface area contributed by atoms with Gasteiger partial charge in [0.2, 0.25) is 0 Å². The first-order valence-electron chi connectivity index (χ1n) is 4.64. The van der Waals surface area contributed by atoms with Gasteiger partial charge in [-0.2, -0.15) is 0 Å². The third-order valence-electron chi connectivity index (χ3n) is 2.50. The Kier molecular flexibility index (Phi) is 2.57. The summed E-state index contributed by atoms with van der Waals surface area (Å²) in [4.78, 5) is 14.0. The van der Waals surface area contributed by atoms with Gasteiger partial charge in [-0.3, -0.25) is 4.79 Å². The normalized spacial score (nSPS) is 26.2. The van der Waals surface area contributed by atoms with Crippen molar-refractivity contribution < 1.29 is 4.79 Å². The van der Waals surface area contributed by atoms with Crippen LogP contribution in [0.2, 0.25) is 0 Å². The maximum atomic E-state index is 11.8. The highest BCUT2D eigenvalue weighted by molar-refractivity contribution is 5.86. The lowest BCUT2D eigenvalue weighted by Crippen LogP contribution is -2.29. The second kappa shape index (κ2) is 3.17. The third kappa shape index (κ3) is 2.07. The van der Waals surface area contributed by atoms with Crippen molar-refractivity contribution in [3.63, 3.8) is 0 Å². The van der Waals surface area contributed by atoms with Crippen molar-refractivity contribution in [3.05, 3.63) is 0 Å². The van der Waals surface area contributed by atoms with Crippen LogP contribution >= 0.6 is 0 Å². The highest BCUT2D eigenvalue weighted by Gasteiger charge is 2.33. The fourth-order valence-electron chi connectivity index (χ4n) is 1.76. The van der Waals surface area contributed by atoms with Gasteiger partial charge in [0.25, 0.3) is 0 Å². The summed E-state index contributed by atoms with van der Waals surface area (Å²) in [5.41, 5.74) is -0.157. The van der Waals surface area contributed by atoms with Crippen molar-refractivity contribution in [2.45, 2.75) is 27.2 Å². The SMILES string of the molecule is CN1CC[C@@H](C(=O)C(C)(C)C)C1. The van der Waals surface area contributed by atoms with E-state index in [1.165, 1.54) is 0 Å². The van der Waals surface area contributed by atoms with Crippen LogP contribution in [0.3, 0.4) is 0 Å². The maximum absolute atomic E-state index is 11.8. The Labute approximate surface area is 74.9 Å². The molecule has 2 nitrogen and oxygen atoms in total. The number of ketones is 1. The van der Waals surface area contributed by atoms with Crippen molar-refractivity contribution in [1.29, 1.82) is 0 Å². The minimum absolute atomic E-state index is 0.157. The number of hydrogen-bond acceptors (Lipinski definition) is 2. The lowest BCUT2D eigenvalue weighted by molar-refractivity contribution is -0.129. The van der Waals surface area contributed by atoms with E-state index in [0.717, 1.165) is 19.5 Å². The van der Waals surface area contributed by atoms with E-state index in [2.05, 4.69) is 11.9 Å². The second-order valence-corrected chi connectivity index (χ2v) is 4.86. The first-order valence-corrected chi connectivity index (χ1v) is 4.64. The quantitative estimate of drug-likeness (QED) is 0.593. The molecule has 0 N–H and O–H groups in total. The van der Waals surface area contributed by atoms with Gasteiger partial charge in [-0.05, 0) is 20.0 Å². The number of carbonyl (C=O) groups is 1. The number of nitrogens with zero attached hydrogens (tertiary/aromatic N) is 1. The zero-order valence-electron chi connectivity index (χ0n) is 8.55. The van der Waals surface area contributed by atoms with Crippen LogP contribution in [0.15, 0.2) is 0 Å². The molecule has 0 aromatic rings. The predicted molar refractivity (Wildman–Crippen MR) is 50.1 cm³/mol. The maximum Gasteiger partial charge on any atom is 0.142 e. The number of carbonyl (C=O) groups excluding carboxylic acids is 1. The van der Waals surface area contributed by atoms with Crippen LogP contribution in [-0.2, 0) is 4.79 Å². The van der Waals surface area contributed by atoms with Gasteiger partial charge in [0.05, 0.1) is 0 Å². The molecule has 1 saturated heterocycles. The van der Waals surface area contributed by atoms with Crippen molar-refractivity contribution in [2.24, 2.45) is 11.3 Å². The number of hydrogen-bond donors (Lipinski definition) is 0. The summed E-state index contributed by atoms with van der Waals surface area (Å²) in [6.45, 7) is 8.05. The van der Waals surface area contributed by atoms with Gasteiger partial charge in [0, 0.05) is 17.9 Å². The van der Waals surface area contributed by atoms with Crippen molar-refractivity contribution in [2.75, 3.05) is 20.1 Å². The summed E-state index contributed by atoms with van der Waals surface area (Å²) in [7, 11) is 2.08. The van der Waals surface area contributed by atoms with Crippen LogP contribution in [0.4, 0.5) is 0 Å². The largest absolute Gasteiger partial charge is 0.306 e. The Hall–Kier alpha value is -0.370. The fourth-order valence-corrected chi connectivity index (χ4v) is 1.76. The number of rotatable bonds is 1. The molecule has 1 rings (SSSR count). The van der Waals surface area contributed by atoms with Gasteiger partial charge in [-0.25, -0.2) is 0 Å². The highest BCUT2D eigenvalue weighted by atomic mass is 16.1. The minimum Gasteiger partial charge on any atom is -0.306 e. The number of Topliss-reactive ketones (excluding diaryl/α,β-unsaturated/α-hetero) is 1. The van der Waals surface area contributed by atoms with Crippen LogP contribution < -0.4 is 0 Å². The van der Waals surface area contributed by atoms with E-state index in [1.54, 1.807) is 0 Å². The Balaban J connectivity index is 2.55. The van der Waals surface area contributed by atoms with Crippen LogP contribution in [0.25, 0.3) is 0 Å². The van der Waals surface area contributed by atoms with Crippen molar-refractivity contribution in [3.8, 4) is 0 Å². The molecule has 1 atom stereocenters. The molecule has 0 saturated carbocycles. The second-order valence-electron chi connectivity index (χ2n) is 4.86. The Bertz CT molecular complexity index is 181. The zero-order valence-corrected chi connectivity index (χ0v) is 8.55. The average Bonchev–Trinajstić information content (AvgIpc) is 2.32. The Morgan fingerprint density at radius 2 is 2.00 bits per heavy atom. The molecule has 0 aromatic carbocycles. The fraction of sp³-hybridized carbons (Fsp3) is 0.900. The van der Waals surface area contributed by atoms with Crippen LogP contribution in [0, 0.1) is 11.3 Å². The molecule has 2 heteroatoms. The topological polar surface area (TPSA) is 20.3 Å². The standard InChI is InChI=1S/C10H19NO/c1-10(2,3)9(12)8-5-6-11(4)7-8/h8H,5-7H2,1-4H3/t8-/m1/s1. The summed E-state index contributed by atoms with van der Waals surface area (Å²) < 4.78 is 0. The summed E-state index contributed by atoms with van der Waals surface area (Å²) in [5, 5.41) is 0. The van der Waals surface area contributed by atoms with Crippen LogP contribution in [-0.4, -0.2) is 30.8 Å². The zero-order chi connectivity index (χ0) is 9.35. The van der Waals surface area contributed by atoms with E-state index in [1.807, 2.05) is 20.8 Å². The molecule has 70 valence electrons. The van der Waals surface area contributed by atoms with E-state index in [-0.39, 0.29) is 11.3 Å². The molecule has 1 aliphatic heterocycles. The summed E-state index contributed by atoms with van der Waals surface area (Å²) in [5.74, 6) is 0.710. The Morgan fingerprint density at radius 3 is 2.33 bits per heavy atom. The summed E-state index contributed by atoms with van der Waals surface area (Å²) in [6.07, 6.45) is 1.05. The molecule has 1 aliphatic rings. The van der Waals surface area contributed by atoms with Gasteiger partial charge >= 0.3 is 0 Å². The molecule has 0 amide bonds.